The summed E-state index contributed by atoms with van der Waals surface area (Å²) < 4.78 is 10.3. The lowest BCUT2D eigenvalue weighted by atomic mass is 10.2. The molecule has 2 aromatic carbocycles. The third-order valence-corrected chi connectivity index (χ3v) is 5.20. The van der Waals surface area contributed by atoms with Gasteiger partial charge < -0.3 is 14.8 Å². The molecule has 1 aliphatic rings. The average molecular weight is 455 g/mol. The molecule has 32 heavy (non-hydrogen) atoms. The lowest BCUT2D eigenvalue weighted by molar-refractivity contribution is -0.146. The van der Waals surface area contributed by atoms with E-state index >= 15 is 0 Å². The maximum absolute atomic E-state index is 12.5. The molecule has 1 saturated heterocycles. The predicted octanol–water partition coefficient (Wildman–Crippen LogP) is 3.61. The van der Waals surface area contributed by atoms with Crippen molar-refractivity contribution >= 4 is 46.5 Å². The van der Waals surface area contributed by atoms with Gasteiger partial charge in [-0.25, -0.2) is 0 Å². The number of imide groups is 1. The number of ether oxygens (including phenoxy) is 2. The van der Waals surface area contributed by atoms with Crippen molar-refractivity contribution in [1.82, 2.24) is 4.90 Å². The van der Waals surface area contributed by atoms with Gasteiger partial charge in [-0.15, -0.1) is 0 Å². The summed E-state index contributed by atoms with van der Waals surface area (Å²) in [7, 11) is 0. The predicted molar refractivity (Wildman–Crippen MR) is 121 cm³/mol. The smallest absolute Gasteiger partial charge is 0.326 e. The van der Waals surface area contributed by atoms with Crippen LogP contribution in [-0.2, 0) is 19.1 Å². The van der Waals surface area contributed by atoms with E-state index in [0.29, 0.717) is 17.0 Å². The molecular formula is C23H22N2O6S. The highest BCUT2D eigenvalue weighted by atomic mass is 32.2. The number of carbonyl (C=O) groups excluding carboxylic acids is 4. The Balaban J connectivity index is 1.61. The van der Waals surface area contributed by atoms with Gasteiger partial charge in [0.05, 0.1) is 11.5 Å². The fourth-order valence-corrected chi connectivity index (χ4v) is 3.72. The summed E-state index contributed by atoms with van der Waals surface area (Å²) in [6, 6.07) is 14.2. The third kappa shape index (κ3) is 6.21. The van der Waals surface area contributed by atoms with E-state index in [1.165, 1.54) is 6.08 Å². The highest BCUT2D eigenvalue weighted by Gasteiger charge is 2.36. The highest BCUT2D eigenvalue weighted by Crippen LogP contribution is 2.32. The number of esters is 1. The van der Waals surface area contributed by atoms with E-state index in [0.717, 1.165) is 22.2 Å². The molecule has 2 aromatic rings. The first-order chi connectivity index (χ1) is 15.4. The van der Waals surface area contributed by atoms with Crippen molar-refractivity contribution in [2.24, 2.45) is 0 Å². The van der Waals surface area contributed by atoms with E-state index < -0.39 is 23.7 Å². The van der Waals surface area contributed by atoms with E-state index in [2.05, 4.69) is 5.32 Å². The SMILES string of the molecule is CCOC(=O)CN1C(=O)S/C(=C\c2cccc(OCC(=O)Nc3cccc(C)c3)c2)C1=O. The van der Waals surface area contributed by atoms with Crippen LogP contribution in [0.25, 0.3) is 6.08 Å². The zero-order valence-corrected chi connectivity index (χ0v) is 18.4. The topological polar surface area (TPSA) is 102 Å². The van der Waals surface area contributed by atoms with E-state index in [4.69, 9.17) is 9.47 Å². The van der Waals surface area contributed by atoms with Gasteiger partial charge in [-0.1, -0.05) is 24.3 Å². The highest BCUT2D eigenvalue weighted by molar-refractivity contribution is 8.18. The number of hydrogen-bond donors (Lipinski definition) is 1. The zero-order chi connectivity index (χ0) is 23.1. The van der Waals surface area contributed by atoms with Gasteiger partial charge in [0, 0.05) is 5.69 Å². The fourth-order valence-electron chi connectivity index (χ4n) is 2.89. The lowest BCUT2D eigenvalue weighted by Crippen LogP contribution is -2.34. The monoisotopic (exact) mass is 454 g/mol. The minimum absolute atomic E-state index is 0.167. The van der Waals surface area contributed by atoms with Crippen LogP contribution in [0, 0.1) is 6.92 Å². The Kier molecular flexibility index (Phi) is 7.67. The summed E-state index contributed by atoms with van der Waals surface area (Å²) in [4.78, 5) is 49.4. The molecule has 1 heterocycles. The molecule has 0 bridgehead atoms. The van der Waals surface area contributed by atoms with Gasteiger partial charge in [0.2, 0.25) is 0 Å². The van der Waals surface area contributed by atoms with Gasteiger partial charge in [-0.3, -0.25) is 24.1 Å². The Labute approximate surface area is 189 Å². The molecule has 3 rings (SSSR count). The molecule has 166 valence electrons. The van der Waals surface area contributed by atoms with E-state index in [9.17, 15) is 19.2 Å². The zero-order valence-electron chi connectivity index (χ0n) is 17.6. The Bertz CT molecular complexity index is 1080. The standard InChI is InChI=1S/C23H22N2O6S/c1-3-30-21(27)13-25-22(28)19(32-23(25)29)12-16-7-5-9-18(11-16)31-14-20(26)24-17-8-4-6-15(2)10-17/h4-12H,3,13-14H2,1-2H3,(H,24,26)/b19-12-. The molecule has 3 amide bonds. The van der Waals surface area contributed by atoms with Gasteiger partial charge >= 0.3 is 5.97 Å². The number of aryl methyl sites for hydroxylation is 1. The Morgan fingerprint density at radius 2 is 1.91 bits per heavy atom. The first kappa shape index (κ1) is 23.1. The number of carbonyl (C=O) groups is 4. The minimum Gasteiger partial charge on any atom is -0.484 e. The van der Waals surface area contributed by atoms with Crippen LogP contribution < -0.4 is 10.1 Å². The minimum atomic E-state index is -0.643. The number of nitrogens with one attached hydrogen (secondary N) is 1. The molecule has 0 aromatic heterocycles. The average Bonchev–Trinajstić information content (AvgIpc) is 3.00. The first-order valence-corrected chi connectivity index (χ1v) is 10.7. The number of nitrogens with zero attached hydrogens (tertiary/aromatic N) is 1. The molecule has 8 nitrogen and oxygen atoms in total. The van der Waals surface area contributed by atoms with Crippen LogP contribution in [0.4, 0.5) is 10.5 Å². The van der Waals surface area contributed by atoms with Gasteiger partial charge in [0.25, 0.3) is 17.1 Å². The van der Waals surface area contributed by atoms with E-state index in [-0.39, 0.29) is 24.0 Å². The Hall–Kier alpha value is -3.59. The van der Waals surface area contributed by atoms with Crippen molar-refractivity contribution in [1.29, 1.82) is 0 Å². The van der Waals surface area contributed by atoms with Crippen molar-refractivity contribution < 1.29 is 28.7 Å². The van der Waals surface area contributed by atoms with Gasteiger partial charge in [0.1, 0.15) is 12.3 Å². The van der Waals surface area contributed by atoms with E-state index in [1.807, 2.05) is 25.1 Å². The van der Waals surface area contributed by atoms with Crippen LogP contribution in [0.15, 0.2) is 53.4 Å². The number of benzene rings is 2. The summed E-state index contributed by atoms with van der Waals surface area (Å²) in [5, 5.41) is 2.23. The van der Waals surface area contributed by atoms with Crippen molar-refractivity contribution in [2.45, 2.75) is 13.8 Å². The Morgan fingerprint density at radius 3 is 2.66 bits per heavy atom. The largest absolute Gasteiger partial charge is 0.484 e. The molecule has 1 fully saturated rings. The van der Waals surface area contributed by atoms with Crippen LogP contribution in [0.2, 0.25) is 0 Å². The van der Waals surface area contributed by atoms with Crippen molar-refractivity contribution in [3.05, 3.63) is 64.6 Å². The summed E-state index contributed by atoms with van der Waals surface area (Å²) in [6.45, 7) is 3.14. The summed E-state index contributed by atoms with van der Waals surface area (Å²) in [5.41, 5.74) is 2.33. The third-order valence-electron chi connectivity index (χ3n) is 4.29. The molecular weight excluding hydrogens is 432 g/mol. The van der Waals surface area contributed by atoms with Crippen molar-refractivity contribution in [3.63, 3.8) is 0 Å². The number of anilines is 1. The second-order valence-corrected chi connectivity index (χ2v) is 7.84. The van der Waals surface area contributed by atoms with Crippen LogP contribution in [0.5, 0.6) is 5.75 Å². The van der Waals surface area contributed by atoms with Crippen LogP contribution >= 0.6 is 11.8 Å². The quantitative estimate of drug-likeness (QED) is 0.480. The number of amides is 3. The molecule has 0 unspecified atom stereocenters. The Morgan fingerprint density at radius 1 is 1.12 bits per heavy atom. The second-order valence-electron chi connectivity index (χ2n) is 6.85. The summed E-state index contributed by atoms with van der Waals surface area (Å²) >= 11 is 0.749. The molecule has 0 radical (unpaired) electrons. The van der Waals surface area contributed by atoms with Crippen molar-refractivity contribution in [3.8, 4) is 5.75 Å². The lowest BCUT2D eigenvalue weighted by Gasteiger charge is -2.10. The molecule has 0 spiro atoms. The molecule has 9 heteroatoms. The van der Waals surface area contributed by atoms with E-state index in [1.54, 1.807) is 37.3 Å². The molecule has 1 aliphatic heterocycles. The molecule has 0 atom stereocenters. The fraction of sp³-hybridized carbons (Fsp3) is 0.217. The maximum Gasteiger partial charge on any atom is 0.326 e. The van der Waals surface area contributed by atoms with Gasteiger partial charge in [0.15, 0.2) is 6.61 Å². The summed E-state index contributed by atoms with van der Waals surface area (Å²) in [6.07, 6.45) is 1.54. The van der Waals surface area contributed by atoms with Gasteiger partial charge in [-0.2, -0.15) is 0 Å². The van der Waals surface area contributed by atoms with Gasteiger partial charge in [-0.05, 0) is 67.1 Å². The molecule has 0 saturated carbocycles. The summed E-state index contributed by atoms with van der Waals surface area (Å²) in [5.74, 6) is -1.07. The molecule has 0 aliphatic carbocycles. The molecule has 1 N–H and O–H groups in total. The van der Waals surface area contributed by atoms with Crippen LogP contribution in [-0.4, -0.2) is 47.7 Å². The number of thioether (sulfide) groups is 1. The number of rotatable bonds is 8. The van der Waals surface area contributed by atoms with Crippen LogP contribution in [0.1, 0.15) is 18.1 Å². The number of hydrogen-bond acceptors (Lipinski definition) is 7. The maximum atomic E-state index is 12.5. The first-order valence-electron chi connectivity index (χ1n) is 9.86. The normalized spacial score (nSPS) is 14.6. The van der Waals surface area contributed by atoms with Crippen LogP contribution in [0.3, 0.4) is 0 Å². The second kappa shape index (κ2) is 10.6. The van der Waals surface area contributed by atoms with Crippen molar-refractivity contribution in [2.75, 3.05) is 25.1 Å².